The van der Waals surface area contributed by atoms with E-state index in [2.05, 4.69) is 21.0 Å². The van der Waals surface area contributed by atoms with E-state index in [-0.39, 0.29) is 24.2 Å². The number of ether oxygens (including phenoxy) is 3. The molecule has 3 rings (SSSR count). The normalized spacial score (nSPS) is 12.3. The van der Waals surface area contributed by atoms with E-state index >= 15 is 0 Å². The number of aromatic nitrogens is 2. The van der Waals surface area contributed by atoms with Crippen LogP contribution < -0.4 is 15.0 Å². The molecule has 1 aromatic heterocycles. The van der Waals surface area contributed by atoms with Crippen LogP contribution in [0.3, 0.4) is 0 Å². The van der Waals surface area contributed by atoms with E-state index in [1.807, 2.05) is 32.9 Å². The van der Waals surface area contributed by atoms with Crippen LogP contribution in [0.2, 0.25) is 0 Å². The van der Waals surface area contributed by atoms with Gasteiger partial charge in [0.1, 0.15) is 5.82 Å². The van der Waals surface area contributed by atoms with Crippen LogP contribution in [-0.4, -0.2) is 41.2 Å². The van der Waals surface area contributed by atoms with Crippen molar-refractivity contribution in [2.45, 2.75) is 53.1 Å². The number of halogens is 1. The molecule has 0 fully saturated rings. The van der Waals surface area contributed by atoms with Gasteiger partial charge in [-0.1, -0.05) is 29.8 Å². The van der Waals surface area contributed by atoms with Crippen molar-refractivity contribution in [3.8, 4) is 11.5 Å². The number of rotatable bonds is 10. The van der Waals surface area contributed by atoms with Crippen molar-refractivity contribution in [2.24, 2.45) is 5.10 Å². The summed E-state index contributed by atoms with van der Waals surface area (Å²) in [6.45, 7) is 9.66. The van der Waals surface area contributed by atoms with E-state index in [1.54, 1.807) is 44.3 Å². The van der Waals surface area contributed by atoms with Crippen LogP contribution in [0, 0.1) is 0 Å². The Bertz CT molecular complexity index is 1290. The third-order valence-electron chi connectivity index (χ3n) is 5.19. The Kier molecular flexibility index (Phi) is 9.03. The van der Waals surface area contributed by atoms with E-state index in [0.717, 1.165) is 10.9 Å². The molecular weight excluding hydrogens is 514 g/mol. The molecule has 0 saturated carbocycles. The second-order valence-electron chi connectivity index (χ2n) is 8.27. The molecule has 0 radical (unpaired) electrons. The molecule has 2 aromatic carbocycles. The predicted octanol–water partition coefficient (Wildman–Crippen LogP) is 5.28. The van der Waals surface area contributed by atoms with Crippen LogP contribution in [0.25, 0.3) is 10.9 Å². The van der Waals surface area contributed by atoms with E-state index in [0.29, 0.717) is 40.4 Å². The first kappa shape index (κ1) is 26.4. The molecular formula is C26H30BrN3O5. The Hall–Kier alpha value is -3.20. The maximum absolute atomic E-state index is 13.3. The first-order valence-electron chi connectivity index (χ1n) is 11.6. The van der Waals surface area contributed by atoms with Crippen LogP contribution >= 0.6 is 15.9 Å². The summed E-state index contributed by atoms with van der Waals surface area (Å²) in [6.07, 6.45) is 2.17. The standard InChI is InChI=1S/C26H30BrN3O5/c1-6-17(5)25-29-21-10-9-19(27)13-20(21)26(32)30(25)28-14-18-8-11-22(23(12-18)33-7-2)34-15-24(31)35-16(3)4/h8-14,16-17H,6-7,15H2,1-5H3/t17-/m1/s1. The zero-order valence-corrected chi connectivity index (χ0v) is 22.2. The number of benzene rings is 2. The Labute approximate surface area is 213 Å². The number of fused-ring (bicyclic) bond motifs is 1. The molecule has 9 heteroatoms. The molecule has 0 aliphatic carbocycles. The largest absolute Gasteiger partial charge is 0.490 e. The van der Waals surface area contributed by atoms with Crippen LogP contribution in [0.4, 0.5) is 0 Å². The Morgan fingerprint density at radius 1 is 1.11 bits per heavy atom. The fourth-order valence-electron chi connectivity index (χ4n) is 3.33. The van der Waals surface area contributed by atoms with Gasteiger partial charge in [-0.2, -0.15) is 9.78 Å². The molecule has 0 saturated heterocycles. The lowest BCUT2D eigenvalue weighted by Gasteiger charge is -2.14. The van der Waals surface area contributed by atoms with E-state index in [9.17, 15) is 9.59 Å². The highest BCUT2D eigenvalue weighted by atomic mass is 79.9. The Balaban J connectivity index is 1.95. The fraction of sp³-hybridized carbons (Fsp3) is 0.385. The molecule has 0 amide bonds. The SMILES string of the molecule is CCOc1cc(C=Nn2c([C@H](C)CC)nc3ccc(Br)cc3c2=O)ccc1OCC(=O)OC(C)C. The fourth-order valence-corrected chi connectivity index (χ4v) is 3.69. The second kappa shape index (κ2) is 12.0. The van der Waals surface area contributed by atoms with E-state index in [1.165, 1.54) is 4.68 Å². The van der Waals surface area contributed by atoms with Crippen LogP contribution in [-0.2, 0) is 9.53 Å². The maximum Gasteiger partial charge on any atom is 0.344 e. The monoisotopic (exact) mass is 543 g/mol. The quantitative estimate of drug-likeness (QED) is 0.255. The molecule has 1 atom stereocenters. The van der Waals surface area contributed by atoms with Gasteiger partial charge in [-0.05, 0) is 69.2 Å². The molecule has 1 heterocycles. The van der Waals surface area contributed by atoms with Crippen LogP contribution in [0.15, 0.2) is 50.8 Å². The lowest BCUT2D eigenvalue weighted by molar-refractivity contribution is -0.149. The second-order valence-corrected chi connectivity index (χ2v) is 9.18. The van der Waals surface area contributed by atoms with Crippen LogP contribution in [0.5, 0.6) is 11.5 Å². The van der Waals surface area contributed by atoms with Crippen molar-refractivity contribution in [1.29, 1.82) is 0 Å². The molecule has 0 aliphatic rings. The van der Waals surface area contributed by atoms with Gasteiger partial charge in [0.25, 0.3) is 5.56 Å². The summed E-state index contributed by atoms with van der Waals surface area (Å²) in [6, 6.07) is 10.7. The van der Waals surface area contributed by atoms with Crippen molar-refractivity contribution in [1.82, 2.24) is 9.66 Å². The summed E-state index contributed by atoms with van der Waals surface area (Å²) >= 11 is 3.42. The third-order valence-corrected chi connectivity index (χ3v) is 5.68. The average Bonchev–Trinajstić information content (AvgIpc) is 2.82. The van der Waals surface area contributed by atoms with Crippen molar-refractivity contribution in [3.05, 3.63) is 62.6 Å². The number of carbonyl (C=O) groups excluding carboxylic acids is 1. The molecule has 0 spiro atoms. The van der Waals surface area contributed by atoms with E-state index < -0.39 is 5.97 Å². The molecule has 35 heavy (non-hydrogen) atoms. The van der Waals surface area contributed by atoms with Gasteiger partial charge in [0.15, 0.2) is 18.1 Å². The van der Waals surface area contributed by atoms with Crippen LogP contribution in [0.1, 0.15) is 58.3 Å². The maximum atomic E-state index is 13.3. The van der Waals surface area contributed by atoms with Gasteiger partial charge in [-0.25, -0.2) is 9.78 Å². The first-order chi connectivity index (χ1) is 16.7. The molecule has 0 bridgehead atoms. The number of carbonyl (C=O) groups is 1. The van der Waals surface area contributed by atoms with Crippen molar-refractivity contribution >= 4 is 39.0 Å². The minimum atomic E-state index is -0.458. The number of esters is 1. The highest BCUT2D eigenvalue weighted by molar-refractivity contribution is 9.10. The summed E-state index contributed by atoms with van der Waals surface area (Å²) in [4.78, 5) is 29.8. The molecule has 8 nitrogen and oxygen atoms in total. The zero-order chi connectivity index (χ0) is 25.5. The predicted molar refractivity (Wildman–Crippen MR) is 140 cm³/mol. The molecule has 0 N–H and O–H groups in total. The van der Waals surface area contributed by atoms with Gasteiger partial charge >= 0.3 is 5.97 Å². The third kappa shape index (κ3) is 6.69. The van der Waals surface area contributed by atoms with Crippen molar-refractivity contribution < 1.29 is 19.0 Å². The number of nitrogens with zero attached hydrogens (tertiary/aromatic N) is 3. The Morgan fingerprint density at radius 3 is 2.57 bits per heavy atom. The number of hydrogen-bond donors (Lipinski definition) is 0. The summed E-state index contributed by atoms with van der Waals surface area (Å²) in [5.41, 5.74) is 1.09. The minimum Gasteiger partial charge on any atom is -0.490 e. The van der Waals surface area contributed by atoms with Gasteiger partial charge < -0.3 is 14.2 Å². The summed E-state index contributed by atoms with van der Waals surface area (Å²) < 4.78 is 18.5. The average molecular weight is 544 g/mol. The lowest BCUT2D eigenvalue weighted by Crippen LogP contribution is -2.23. The topological polar surface area (TPSA) is 92.0 Å². The molecule has 0 unspecified atom stereocenters. The highest BCUT2D eigenvalue weighted by Crippen LogP contribution is 2.28. The minimum absolute atomic E-state index is 0.0354. The van der Waals surface area contributed by atoms with Gasteiger partial charge in [0, 0.05) is 10.4 Å². The smallest absolute Gasteiger partial charge is 0.344 e. The Morgan fingerprint density at radius 2 is 1.89 bits per heavy atom. The number of hydrogen-bond acceptors (Lipinski definition) is 7. The summed E-state index contributed by atoms with van der Waals surface area (Å²) in [5.74, 6) is 1.05. The molecule has 186 valence electrons. The van der Waals surface area contributed by atoms with Gasteiger partial charge in [0.2, 0.25) is 0 Å². The van der Waals surface area contributed by atoms with Crippen molar-refractivity contribution in [3.63, 3.8) is 0 Å². The zero-order valence-electron chi connectivity index (χ0n) is 20.6. The van der Waals surface area contributed by atoms with Gasteiger partial charge in [-0.15, -0.1) is 0 Å². The molecule has 0 aliphatic heterocycles. The molecule has 3 aromatic rings. The summed E-state index contributed by atoms with van der Waals surface area (Å²) in [5, 5.41) is 4.98. The summed E-state index contributed by atoms with van der Waals surface area (Å²) in [7, 11) is 0. The first-order valence-corrected chi connectivity index (χ1v) is 12.4. The van der Waals surface area contributed by atoms with Crippen molar-refractivity contribution in [2.75, 3.05) is 13.2 Å². The highest BCUT2D eigenvalue weighted by Gasteiger charge is 2.16. The van der Waals surface area contributed by atoms with E-state index in [4.69, 9.17) is 19.2 Å². The van der Waals surface area contributed by atoms with Gasteiger partial charge in [-0.3, -0.25) is 4.79 Å². The lowest BCUT2D eigenvalue weighted by atomic mass is 10.1. The van der Waals surface area contributed by atoms with Gasteiger partial charge in [0.05, 0.1) is 29.8 Å².